The van der Waals surface area contributed by atoms with Crippen LogP contribution in [0.3, 0.4) is 0 Å². The van der Waals surface area contributed by atoms with E-state index in [4.69, 9.17) is 9.15 Å². The first-order valence-corrected chi connectivity index (χ1v) is 9.09. The van der Waals surface area contributed by atoms with Crippen LogP contribution in [0.15, 0.2) is 76.9 Å². The molecule has 0 fully saturated rings. The number of ether oxygens (including phenoxy) is 1. The lowest BCUT2D eigenvalue weighted by molar-refractivity contribution is 0.0729. The van der Waals surface area contributed by atoms with Crippen LogP contribution in [0.5, 0.6) is 5.75 Å². The molecule has 138 valence electrons. The standard InChI is InChI=1S/C21H12FNO4S/c22-16-5-1-13(2-6-16)19(24)14-3-7-17(8-4-14)27-21(25)18-12-28-20(23-18)15-9-10-26-11-15/h1-12H. The third-order valence-corrected chi connectivity index (χ3v) is 4.81. The average Bonchev–Trinajstić information content (AvgIpc) is 3.40. The normalized spacial score (nSPS) is 10.6. The van der Waals surface area contributed by atoms with Crippen molar-refractivity contribution >= 4 is 23.1 Å². The Morgan fingerprint density at radius 3 is 2.29 bits per heavy atom. The molecule has 0 saturated carbocycles. The summed E-state index contributed by atoms with van der Waals surface area (Å²) >= 11 is 1.31. The van der Waals surface area contributed by atoms with Gasteiger partial charge in [-0.1, -0.05) is 0 Å². The number of carbonyl (C=O) groups is 2. The first-order valence-electron chi connectivity index (χ1n) is 8.21. The van der Waals surface area contributed by atoms with E-state index in [0.29, 0.717) is 21.9 Å². The van der Waals surface area contributed by atoms with E-state index in [1.807, 2.05) is 0 Å². The second kappa shape index (κ2) is 7.58. The Bertz CT molecular complexity index is 1120. The van der Waals surface area contributed by atoms with Crippen LogP contribution in [0, 0.1) is 5.82 Å². The zero-order chi connectivity index (χ0) is 19.5. The first-order chi connectivity index (χ1) is 13.6. The van der Waals surface area contributed by atoms with Crippen molar-refractivity contribution in [3.8, 4) is 16.3 Å². The van der Waals surface area contributed by atoms with E-state index in [2.05, 4.69) is 4.98 Å². The monoisotopic (exact) mass is 393 g/mol. The largest absolute Gasteiger partial charge is 0.472 e. The number of thiazole rings is 1. The molecule has 0 atom stereocenters. The third kappa shape index (κ3) is 3.74. The Kier molecular flexibility index (Phi) is 4.82. The summed E-state index contributed by atoms with van der Waals surface area (Å²) in [4.78, 5) is 28.9. The van der Waals surface area contributed by atoms with Crippen molar-refractivity contribution in [1.82, 2.24) is 4.98 Å². The zero-order valence-corrected chi connectivity index (χ0v) is 15.1. The highest BCUT2D eigenvalue weighted by Gasteiger charge is 2.15. The van der Waals surface area contributed by atoms with Crippen LogP contribution in [0.25, 0.3) is 10.6 Å². The van der Waals surface area contributed by atoms with Gasteiger partial charge in [0, 0.05) is 22.1 Å². The fraction of sp³-hybridized carbons (Fsp3) is 0. The Labute approximate surface area is 163 Å². The highest BCUT2D eigenvalue weighted by atomic mass is 32.1. The van der Waals surface area contributed by atoms with Crippen LogP contribution in [0.1, 0.15) is 26.4 Å². The molecule has 2 heterocycles. The highest BCUT2D eigenvalue weighted by Crippen LogP contribution is 2.25. The molecule has 0 aliphatic heterocycles. The van der Waals surface area contributed by atoms with Gasteiger partial charge in [0.1, 0.15) is 22.8 Å². The molecular weight excluding hydrogens is 381 g/mol. The van der Waals surface area contributed by atoms with Gasteiger partial charge in [0.05, 0.1) is 6.26 Å². The van der Waals surface area contributed by atoms with E-state index in [9.17, 15) is 14.0 Å². The van der Waals surface area contributed by atoms with Gasteiger partial charge in [-0.05, 0) is 54.6 Å². The number of rotatable bonds is 5. The summed E-state index contributed by atoms with van der Waals surface area (Å²) in [5.74, 6) is -0.957. The number of benzene rings is 2. The minimum Gasteiger partial charge on any atom is -0.472 e. The maximum atomic E-state index is 13.0. The molecule has 0 aliphatic carbocycles. The van der Waals surface area contributed by atoms with Crippen molar-refractivity contribution in [3.05, 3.63) is 95.1 Å². The van der Waals surface area contributed by atoms with Crippen molar-refractivity contribution in [1.29, 1.82) is 0 Å². The SMILES string of the molecule is O=C(c1ccc(F)cc1)c1ccc(OC(=O)c2csc(-c3ccoc3)n2)cc1. The number of aromatic nitrogens is 1. The van der Waals surface area contributed by atoms with E-state index in [-0.39, 0.29) is 11.5 Å². The molecule has 0 N–H and O–H groups in total. The van der Waals surface area contributed by atoms with E-state index in [0.717, 1.165) is 5.56 Å². The molecule has 0 spiro atoms. The van der Waals surface area contributed by atoms with Crippen molar-refractivity contribution < 1.29 is 23.1 Å². The second-order valence-electron chi connectivity index (χ2n) is 5.80. The number of hydrogen-bond donors (Lipinski definition) is 0. The zero-order valence-electron chi connectivity index (χ0n) is 14.3. The molecule has 4 rings (SSSR count). The average molecular weight is 393 g/mol. The quantitative estimate of drug-likeness (QED) is 0.271. The molecule has 2 aromatic heterocycles. The van der Waals surface area contributed by atoms with Gasteiger partial charge in [0.25, 0.3) is 0 Å². The maximum Gasteiger partial charge on any atom is 0.363 e. The fourth-order valence-electron chi connectivity index (χ4n) is 2.49. The number of hydrogen-bond acceptors (Lipinski definition) is 6. The van der Waals surface area contributed by atoms with Crippen LogP contribution in [-0.4, -0.2) is 16.7 Å². The third-order valence-electron chi connectivity index (χ3n) is 3.91. The van der Waals surface area contributed by atoms with Crippen LogP contribution in [0.4, 0.5) is 4.39 Å². The topological polar surface area (TPSA) is 69.4 Å². The number of furan rings is 1. The number of esters is 1. The molecule has 0 radical (unpaired) electrons. The number of carbonyl (C=O) groups excluding carboxylic acids is 2. The Morgan fingerprint density at radius 2 is 1.64 bits per heavy atom. The molecule has 5 nitrogen and oxygen atoms in total. The van der Waals surface area contributed by atoms with Crippen molar-refractivity contribution in [2.75, 3.05) is 0 Å². The van der Waals surface area contributed by atoms with Crippen LogP contribution in [0.2, 0.25) is 0 Å². The fourth-order valence-corrected chi connectivity index (χ4v) is 3.26. The Balaban J connectivity index is 1.45. The van der Waals surface area contributed by atoms with Gasteiger partial charge in [-0.25, -0.2) is 14.2 Å². The van der Waals surface area contributed by atoms with Gasteiger partial charge < -0.3 is 9.15 Å². The van der Waals surface area contributed by atoms with Gasteiger partial charge in [-0.15, -0.1) is 11.3 Å². The molecule has 28 heavy (non-hydrogen) atoms. The van der Waals surface area contributed by atoms with E-state index in [1.54, 1.807) is 29.8 Å². The molecule has 0 amide bonds. The number of nitrogens with zero attached hydrogens (tertiary/aromatic N) is 1. The van der Waals surface area contributed by atoms with Crippen molar-refractivity contribution in [3.63, 3.8) is 0 Å². The van der Waals surface area contributed by atoms with Crippen LogP contribution < -0.4 is 4.74 Å². The summed E-state index contributed by atoms with van der Waals surface area (Å²) in [6.45, 7) is 0. The van der Waals surface area contributed by atoms with Gasteiger partial charge in [0.15, 0.2) is 11.5 Å². The number of halogens is 1. The summed E-state index contributed by atoms with van der Waals surface area (Å²) < 4.78 is 23.3. The highest BCUT2D eigenvalue weighted by molar-refractivity contribution is 7.13. The molecule has 0 unspecified atom stereocenters. The van der Waals surface area contributed by atoms with E-state index in [1.165, 1.54) is 54.0 Å². The second-order valence-corrected chi connectivity index (χ2v) is 6.66. The summed E-state index contributed by atoms with van der Waals surface area (Å²) in [5.41, 5.74) is 1.75. The summed E-state index contributed by atoms with van der Waals surface area (Å²) in [6.07, 6.45) is 3.08. The summed E-state index contributed by atoms with van der Waals surface area (Å²) in [6, 6.07) is 13.2. The first kappa shape index (κ1) is 17.8. The van der Waals surface area contributed by atoms with Gasteiger partial charge >= 0.3 is 5.97 Å². The molecule has 7 heteroatoms. The lowest BCUT2D eigenvalue weighted by Crippen LogP contribution is -2.09. The molecule has 0 aliphatic rings. The maximum absolute atomic E-state index is 13.0. The Morgan fingerprint density at radius 1 is 0.964 bits per heavy atom. The summed E-state index contributed by atoms with van der Waals surface area (Å²) in [5, 5.41) is 2.26. The summed E-state index contributed by atoms with van der Waals surface area (Å²) in [7, 11) is 0. The van der Waals surface area contributed by atoms with Gasteiger partial charge in [0.2, 0.25) is 0 Å². The predicted octanol–water partition coefficient (Wildman–Crippen LogP) is 4.99. The van der Waals surface area contributed by atoms with E-state index >= 15 is 0 Å². The smallest absolute Gasteiger partial charge is 0.363 e. The minimum absolute atomic E-state index is 0.188. The lowest BCUT2D eigenvalue weighted by Gasteiger charge is -2.04. The molecule has 4 aromatic rings. The number of ketones is 1. The molecule has 2 aromatic carbocycles. The molecule has 0 saturated heterocycles. The Hall–Kier alpha value is -3.58. The minimum atomic E-state index is -0.594. The predicted molar refractivity (Wildman–Crippen MR) is 101 cm³/mol. The van der Waals surface area contributed by atoms with Crippen LogP contribution in [-0.2, 0) is 0 Å². The van der Waals surface area contributed by atoms with Gasteiger partial charge in [-0.2, -0.15) is 0 Å². The lowest BCUT2D eigenvalue weighted by atomic mass is 10.0. The van der Waals surface area contributed by atoms with Crippen molar-refractivity contribution in [2.24, 2.45) is 0 Å². The van der Waals surface area contributed by atoms with E-state index < -0.39 is 11.8 Å². The molecule has 0 bridgehead atoms. The van der Waals surface area contributed by atoms with Crippen molar-refractivity contribution in [2.45, 2.75) is 0 Å². The van der Waals surface area contributed by atoms with Crippen LogP contribution >= 0.6 is 11.3 Å². The molecular formula is C21H12FNO4S. The van der Waals surface area contributed by atoms with Gasteiger partial charge in [-0.3, -0.25) is 4.79 Å².